The summed E-state index contributed by atoms with van der Waals surface area (Å²) in [6.45, 7) is 4.66. The van der Waals surface area contributed by atoms with Crippen LogP contribution in [0.3, 0.4) is 0 Å². The van der Waals surface area contributed by atoms with E-state index in [9.17, 15) is 18.8 Å². The fraction of sp³-hybridized carbons (Fsp3) is 0.321. The summed E-state index contributed by atoms with van der Waals surface area (Å²) in [4.78, 5) is 53.2. The predicted molar refractivity (Wildman–Crippen MR) is 146 cm³/mol. The zero-order chi connectivity index (χ0) is 27.8. The first-order valence-corrected chi connectivity index (χ1v) is 13.3. The fourth-order valence-electron chi connectivity index (χ4n) is 4.87. The van der Waals surface area contributed by atoms with Crippen LogP contribution in [0.5, 0.6) is 0 Å². The number of likely N-dealkylation sites (tertiary alicyclic amines) is 1. The average molecular weight is 593 g/mol. The van der Waals surface area contributed by atoms with Crippen LogP contribution in [0.4, 0.5) is 4.39 Å². The summed E-state index contributed by atoms with van der Waals surface area (Å²) >= 11 is 3.32. The maximum absolute atomic E-state index is 14.5. The van der Waals surface area contributed by atoms with Crippen molar-refractivity contribution in [2.75, 3.05) is 6.54 Å². The van der Waals surface area contributed by atoms with Crippen LogP contribution >= 0.6 is 15.9 Å². The van der Waals surface area contributed by atoms with Crippen molar-refractivity contribution < 1.29 is 18.8 Å². The minimum atomic E-state index is -1.30. The Bertz CT molecular complexity index is 1600. The molecule has 4 heterocycles. The summed E-state index contributed by atoms with van der Waals surface area (Å²) in [6, 6.07) is 8.19. The van der Waals surface area contributed by atoms with E-state index in [1.54, 1.807) is 31.5 Å². The van der Waals surface area contributed by atoms with Gasteiger partial charge < -0.3 is 4.90 Å². The number of carbonyl (C=O) groups excluding carboxylic acids is 3. The van der Waals surface area contributed by atoms with Gasteiger partial charge in [0.15, 0.2) is 11.6 Å². The minimum Gasteiger partial charge on any atom is -0.328 e. The molecule has 0 unspecified atom stereocenters. The molecule has 0 bridgehead atoms. The highest BCUT2D eigenvalue weighted by molar-refractivity contribution is 9.10. The zero-order valence-electron chi connectivity index (χ0n) is 21.7. The van der Waals surface area contributed by atoms with E-state index in [0.717, 1.165) is 16.7 Å². The van der Waals surface area contributed by atoms with E-state index in [1.807, 2.05) is 25.1 Å². The van der Waals surface area contributed by atoms with E-state index in [1.165, 1.54) is 16.5 Å². The molecule has 1 saturated heterocycles. The van der Waals surface area contributed by atoms with Crippen LogP contribution < -0.4 is 0 Å². The van der Waals surface area contributed by atoms with Gasteiger partial charge in [-0.3, -0.25) is 19.1 Å². The number of carbonyl (C=O) groups is 3. The van der Waals surface area contributed by atoms with E-state index in [2.05, 4.69) is 36.0 Å². The Hall–Kier alpha value is -3.86. The van der Waals surface area contributed by atoms with Crippen LogP contribution in [0.15, 0.2) is 47.3 Å². The summed E-state index contributed by atoms with van der Waals surface area (Å²) in [6.07, 6.45) is 2.04. The lowest BCUT2D eigenvalue weighted by molar-refractivity contribution is -0.138. The van der Waals surface area contributed by atoms with Crippen molar-refractivity contribution in [1.82, 2.24) is 29.6 Å². The summed E-state index contributed by atoms with van der Waals surface area (Å²) in [5, 5.41) is 5.01. The van der Waals surface area contributed by atoms with Gasteiger partial charge in [-0.15, -0.1) is 0 Å². The molecule has 2 atom stereocenters. The number of aryl methyl sites for hydroxylation is 2. The number of benzene rings is 1. The molecule has 0 radical (unpaired) electrons. The van der Waals surface area contributed by atoms with Gasteiger partial charge in [0, 0.05) is 36.7 Å². The lowest BCUT2D eigenvalue weighted by atomic mass is 10.0. The minimum absolute atomic E-state index is 0.00285. The maximum Gasteiger partial charge on any atom is 0.245 e. The maximum atomic E-state index is 14.5. The molecule has 1 aliphatic rings. The Morgan fingerprint density at radius 2 is 1.82 bits per heavy atom. The van der Waals surface area contributed by atoms with Gasteiger partial charge in [-0.2, -0.15) is 5.10 Å². The summed E-state index contributed by atoms with van der Waals surface area (Å²) < 4.78 is 16.6. The second-order valence-corrected chi connectivity index (χ2v) is 10.6. The third-order valence-corrected chi connectivity index (χ3v) is 7.38. The number of nitrogens with zero attached hydrogens (tertiary/aromatic N) is 6. The van der Waals surface area contributed by atoms with Crippen molar-refractivity contribution in [3.05, 3.63) is 70.1 Å². The Morgan fingerprint density at radius 3 is 2.54 bits per heavy atom. The van der Waals surface area contributed by atoms with Crippen LogP contribution in [0.2, 0.25) is 0 Å². The van der Waals surface area contributed by atoms with Crippen molar-refractivity contribution in [3.63, 3.8) is 0 Å². The first-order chi connectivity index (χ1) is 18.6. The molecule has 9 nitrogen and oxygen atoms in total. The van der Waals surface area contributed by atoms with Crippen molar-refractivity contribution >= 4 is 44.3 Å². The first-order valence-electron chi connectivity index (χ1n) is 12.5. The Balaban J connectivity index is 1.41. The van der Waals surface area contributed by atoms with Crippen LogP contribution in [0.25, 0.3) is 22.0 Å². The van der Waals surface area contributed by atoms with Gasteiger partial charge in [0.2, 0.25) is 5.91 Å². The molecule has 0 N–H and O–H groups in total. The molecule has 0 aliphatic carbocycles. The van der Waals surface area contributed by atoms with E-state index in [-0.39, 0.29) is 43.2 Å². The number of halogens is 2. The highest BCUT2D eigenvalue weighted by Gasteiger charge is 2.40. The fourth-order valence-corrected chi connectivity index (χ4v) is 5.22. The van der Waals surface area contributed by atoms with E-state index < -0.39 is 18.1 Å². The second kappa shape index (κ2) is 10.7. The molecule has 0 saturated carbocycles. The van der Waals surface area contributed by atoms with Crippen molar-refractivity contribution in [1.29, 1.82) is 0 Å². The molecule has 0 spiro atoms. The highest BCUT2D eigenvalue weighted by atomic mass is 79.9. The van der Waals surface area contributed by atoms with Crippen molar-refractivity contribution in [3.8, 4) is 11.1 Å². The van der Waals surface area contributed by atoms with Gasteiger partial charge in [0.05, 0.1) is 30.2 Å². The van der Waals surface area contributed by atoms with Gasteiger partial charge in [-0.1, -0.05) is 12.1 Å². The number of alkyl halides is 1. The average Bonchev–Trinajstić information content (AvgIpc) is 3.47. The predicted octanol–water partition coefficient (Wildman–Crippen LogP) is 4.22. The van der Waals surface area contributed by atoms with E-state index in [4.69, 9.17) is 0 Å². The van der Waals surface area contributed by atoms with Crippen molar-refractivity contribution in [2.24, 2.45) is 0 Å². The second-order valence-electron chi connectivity index (χ2n) is 9.75. The number of Topliss-reactive ketones (excluding diaryl/α,β-unsaturated/α-hetero) is 2. The van der Waals surface area contributed by atoms with E-state index in [0.29, 0.717) is 27.0 Å². The number of hydrogen-bond acceptors (Lipinski definition) is 7. The molecular weight excluding hydrogens is 567 g/mol. The Kier molecular flexibility index (Phi) is 7.35. The Morgan fingerprint density at radius 1 is 1.08 bits per heavy atom. The number of fused-ring (bicyclic) bond motifs is 1. The van der Waals surface area contributed by atoms with Gasteiger partial charge in [-0.25, -0.2) is 19.3 Å². The number of pyridine rings is 1. The normalized spacial score (nSPS) is 17.1. The van der Waals surface area contributed by atoms with Gasteiger partial charge >= 0.3 is 0 Å². The largest absolute Gasteiger partial charge is 0.328 e. The monoisotopic (exact) mass is 592 g/mol. The number of ketones is 2. The summed E-state index contributed by atoms with van der Waals surface area (Å²) in [5.74, 6) is -0.314. The van der Waals surface area contributed by atoms with E-state index >= 15 is 0 Å². The lowest BCUT2D eigenvalue weighted by Gasteiger charge is -2.23. The van der Waals surface area contributed by atoms with Crippen molar-refractivity contribution in [2.45, 2.75) is 52.4 Å². The number of amides is 1. The standard InChI is InChI=1S/C28H26BrFN6O3/c1-15-4-7-26(29)33-22(15)10-25(38)24-9-20(30)13-35(24)27(39)14-36-23-6-5-18(19-11-31-17(3)32-12-19)8-21(23)28(34-36)16(2)37/h4-8,11-12,20,24H,9-10,13-14H2,1-3H3/t20-,24+/m1/s1. The van der Waals surface area contributed by atoms with Crippen LogP contribution in [-0.2, 0) is 22.6 Å². The Labute approximate surface area is 232 Å². The SMILES string of the molecule is CC(=O)c1nn(CC(=O)N2C[C@H](F)C[C@H]2C(=O)Cc2nc(Br)ccc2C)c2ccc(-c3cnc(C)nc3)cc12. The lowest BCUT2D eigenvalue weighted by Crippen LogP contribution is -2.43. The number of aromatic nitrogens is 5. The topological polar surface area (TPSA) is 111 Å². The molecule has 1 aliphatic heterocycles. The first kappa shape index (κ1) is 26.7. The molecule has 11 heteroatoms. The molecule has 200 valence electrons. The number of hydrogen-bond donors (Lipinski definition) is 0. The molecular formula is C28H26BrFN6O3. The van der Waals surface area contributed by atoms with Crippen LogP contribution in [-0.4, -0.2) is 65.9 Å². The van der Waals surface area contributed by atoms with Crippen LogP contribution in [0, 0.1) is 13.8 Å². The van der Waals surface area contributed by atoms with Gasteiger partial charge in [0.25, 0.3) is 0 Å². The zero-order valence-corrected chi connectivity index (χ0v) is 23.3. The quantitative estimate of drug-likeness (QED) is 0.233. The number of rotatable bonds is 7. The van der Waals surface area contributed by atoms with Gasteiger partial charge in [0.1, 0.15) is 28.8 Å². The molecule has 5 rings (SSSR count). The molecule has 1 fully saturated rings. The smallest absolute Gasteiger partial charge is 0.245 e. The molecule has 1 aromatic carbocycles. The molecule has 1 amide bonds. The summed E-state index contributed by atoms with van der Waals surface area (Å²) in [7, 11) is 0. The van der Waals surface area contributed by atoms with Crippen LogP contribution in [0.1, 0.15) is 40.9 Å². The third kappa shape index (κ3) is 5.49. The van der Waals surface area contributed by atoms with Gasteiger partial charge in [-0.05, 0) is 59.1 Å². The summed E-state index contributed by atoms with van der Waals surface area (Å²) in [5.41, 5.74) is 3.82. The molecule has 3 aromatic heterocycles. The highest BCUT2D eigenvalue weighted by Crippen LogP contribution is 2.28. The molecule has 39 heavy (non-hydrogen) atoms. The molecule has 4 aromatic rings. The third-order valence-electron chi connectivity index (χ3n) is 6.93.